The Morgan fingerprint density at radius 1 is 0.929 bits per heavy atom. The highest BCUT2D eigenvalue weighted by Crippen LogP contribution is 2.20. The van der Waals surface area contributed by atoms with Crippen molar-refractivity contribution in [2.75, 3.05) is 13.6 Å². The first-order valence-corrected chi connectivity index (χ1v) is 10.1. The zero-order valence-electron chi connectivity index (χ0n) is 17.1. The highest BCUT2D eigenvalue weighted by molar-refractivity contribution is 5.85. The van der Waals surface area contributed by atoms with Crippen LogP contribution in [0.5, 0.6) is 0 Å². The number of hydrogen-bond donors (Lipinski definition) is 1. The summed E-state index contributed by atoms with van der Waals surface area (Å²) < 4.78 is 0. The van der Waals surface area contributed by atoms with Crippen LogP contribution in [0.25, 0.3) is 10.8 Å². The molecule has 146 valence electrons. The van der Waals surface area contributed by atoms with Crippen LogP contribution in [-0.4, -0.2) is 24.4 Å². The van der Waals surface area contributed by atoms with Gasteiger partial charge in [0.15, 0.2) is 0 Å². The molecule has 1 N–H and O–H groups in total. The Balaban J connectivity index is 1.75. The Labute approximate surface area is 168 Å². The molecule has 0 aliphatic heterocycles. The van der Waals surface area contributed by atoms with Gasteiger partial charge in [-0.05, 0) is 40.9 Å². The SMILES string of the molecule is CNCc1ccc(CN(CCc2cccc3ccccc23)C(=O)C(C)C)cc1. The summed E-state index contributed by atoms with van der Waals surface area (Å²) in [7, 11) is 1.95. The van der Waals surface area contributed by atoms with E-state index in [4.69, 9.17) is 0 Å². The van der Waals surface area contributed by atoms with Gasteiger partial charge in [0, 0.05) is 25.6 Å². The van der Waals surface area contributed by atoms with Crippen molar-refractivity contribution in [3.8, 4) is 0 Å². The number of nitrogens with one attached hydrogen (secondary N) is 1. The van der Waals surface area contributed by atoms with Gasteiger partial charge in [0.1, 0.15) is 0 Å². The molecule has 0 unspecified atom stereocenters. The summed E-state index contributed by atoms with van der Waals surface area (Å²) in [4.78, 5) is 14.8. The second kappa shape index (κ2) is 9.52. The lowest BCUT2D eigenvalue weighted by atomic mass is 10.0. The molecular formula is C25H30N2O. The lowest BCUT2D eigenvalue weighted by molar-refractivity contribution is -0.135. The fraction of sp³-hybridized carbons (Fsp3) is 0.320. The maximum absolute atomic E-state index is 12.8. The van der Waals surface area contributed by atoms with Crippen molar-refractivity contribution in [2.24, 2.45) is 5.92 Å². The van der Waals surface area contributed by atoms with Crippen molar-refractivity contribution in [1.82, 2.24) is 10.2 Å². The molecule has 0 heterocycles. The normalized spacial score (nSPS) is 11.1. The van der Waals surface area contributed by atoms with Gasteiger partial charge in [0.05, 0.1) is 0 Å². The number of carbonyl (C=O) groups is 1. The first kappa shape index (κ1) is 20.1. The number of nitrogens with zero attached hydrogens (tertiary/aromatic N) is 1. The topological polar surface area (TPSA) is 32.3 Å². The Hall–Kier alpha value is -2.65. The van der Waals surface area contributed by atoms with Crippen LogP contribution in [0.2, 0.25) is 0 Å². The number of amides is 1. The van der Waals surface area contributed by atoms with Crippen LogP contribution in [0.1, 0.15) is 30.5 Å². The van der Waals surface area contributed by atoms with Gasteiger partial charge in [-0.3, -0.25) is 4.79 Å². The highest BCUT2D eigenvalue weighted by atomic mass is 16.2. The molecule has 3 nitrogen and oxygen atoms in total. The molecule has 0 bridgehead atoms. The van der Waals surface area contributed by atoms with Gasteiger partial charge < -0.3 is 10.2 Å². The number of hydrogen-bond acceptors (Lipinski definition) is 2. The van der Waals surface area contributed by atoms with Crippen LogP contribution >= 0.6 is 0 Å². The van der Waals surface area contributed by atoms with Crippen molar-refractivity contribution < 1.29 is 4.79 Å². The van der Waals surface area contributed by atoms with Crippen LogP contribution in [0.4, 0.5) is 0 Å². The van der Waals surface area contributed by atoms with Crippen molar-refractivity contribution in [2.45, 2.75) is 33.4 Å². The van der Waals surface area contributed by atoms with Crippen molar-refractivity contribution >= 4 is 16.7 Å². The molecule has 28 heavy (non-hydrogen) atoms. The Kier molecular flexibility index (Phi) is 6.83. The molecule has 0 fully saturated rings. The smallest absolute Gasteiger partial charge is 0.225 e. The number of fused-ring (bicyclic) bond motifs is 1. The maximum atomic E-state index is 12.8. The average Bonchev–Trinajstić information content (AvgIpc) is 2.72. The van der Waals surface area contributed by atoms with E-state index in [2.05, 4.69) is 72.0 Å². The van der Waals surface area contributed by atoms with E-state index in [1.807, 2.05) is 25.8 Å². The monoisotopic (exact) mass is 374 g/mol. The standard InChI is InChI=1S/C25H30N2O/c1-19(2)25(28)27(18-21-13-11-20(12-14-21)17-26-3)16-15-23-9-6-8-22-7-4-5-10-24(22)23/h4-14,19,26H,15-18H2,1-3H3. The van der Waals surface area contributed by atoms with E-state index in [0.717, 1.165) is 19.5 Å². The summed E-state index contributed by atoms with van der Waals surface area (Å²) in [5, 5.41) is 5.69. The third-order valence-electron chi connectivity index (χ3n) is 5.11. The largest absolute Gasteiger partial charge is 0.338 e. The van der Waals surface area contributed by atoms with E-state index in [1.54, 1.807) is 0 Å². The zero-order chi connectivity index (χ0) is 19.9. The lowest BCUT2D eigenvalue weighted by Gasteiger charge is -2.25. The molecule has 0 radical (unpaired) electrons. The summed E-state index contributed by atoms with van der Waals surface area (Å²) in [5.41, 5.74) is 3.72. The van der Waals surface area contributed by atoms with E-state index in [0.29, 0.717) is 6.54 Å². The van der Waals surface area contributed by atoms with E-state index < -0.39 is 0 Å². The van der Waals surface area contributed by atoms with E-state index in [-0.39, 0.29) is 11.8 Å². The van der Waals surface area contributed by atoms with Gasteiger partial charge in [0.2, 0.25) is 5.91 Å². The van der Waals surface area contributed by atoms with Gasteiger partial charge >= 0.3 is 0 Å². The molecule has 0 aliphatic carbocycles. The van der Waals surface area contributed by atoms with Gasteiger partial charge in [-0.2, -0.15) is 0 Å². The maximum Gasteiger partial charge on any atom is 0.225 e. The Bertz CT molecular complexity index is 910. The predicted molar refractivity (Wildman–Crippen MR) is 117 cm³/mol. The molecule has 0 aromatic heterocycles. The second-order valence-electron chi connectivity index (χ2n) is 7.65. The minimum absolute atomic E-state index is 0.00363. The van der Waals surface area contributed by atoms with Crippen LogP contribution in [-0.2, 0) is 24.3 Å². The minimum atomic E-state index is -0.00363. The third kappa shape index (κ3) is 4.99. The van der Waals surface area contributed by atoms with E-state index >= 15 is 0 Å². The molecule has 0 saturated carbocycles. The summed E-state index contributed by atoms with van der Waals surface area (Å²) >= 11 is 0. The number of carbonyl (C=O) groups excluding carboxylic acids is 1. The Morgan fingerprint density at radius 3 is 2.32 bits per heavy atom. The predicted octanol–water partition coefficient (Wildman–Crippen LogP) is 4.79. The summed E-state index contributed by atoms with van der Waals surface area (Å²) in [6.07, 6.45) is 0.859. The zero-order valence-corrected chi connectivity index (χ0v) is 17.1. The molecule has 3 aromatic rings. The highest BCUT2D eigenvalue weighted by Gasteiger charge is 2.17. The van der Waals surface area contributed by atoms with Gasteiger partial charge in [-0.15, -0.1) is 0 Å². The van der Waals surface area contributed by atoms with Crippen LogP contribution in [0.15, 0.2) is 66.7 Å². The number of rotatable bonds is 8. The molecule has 1 amide bonds. The summed E-state index contributed by atoms with van der Waals surface area (Å²) in [6.45, 7) is 6.19. The van der Waals surface area contributed by atoms with Gasteiger partial charge in [-0.1, -0.05) is 80.6 Å². The van der Waals surface area contributed by atoms with Crippen molar-refractivity contribution in [3.05, 3.63) is 83.4 Å². The van der Waals surface area contributed by atoms with Crippen LogP contribution in [0.3, 0.4) is 0 Å². The average molecular weight is 375 g/mol. The molecule has 0 atom stereocenters. The molecule has 3 rings (SSSR count). The molecule has 3 heteroatoms. The first-order valence-electron chi connectivity index (χ1n) is 10.1. The summed E-state index contributed by atoms with van der Waals surface area (Å²) in [6, 6.07) is 23.4. The fourth-order valence-corrected chi connectivity index (χ4v) is 3.59. The van der Waals surface area contributed by atoms with Crippen LogP contribution in [0, 0.1) is 5.92 Å². The van der Waals surface area contributed by atoms with Crippen molar-refractivity contribution in [3.63, 3.8) is 0 Å². The lowest BCUT2D eigenvalue weighted by Crippen LogP contribution is -2.35. The Morgan fingerprint density at radius 2 is 1.61 bits per heavy atom. The molecular weight excluding hydrogens is 344 g/mol. The molecule has 0 aliphatic rings. The van der Waals surface area contributed by atoms with E-state index in [1.165, 1.54) is 27.5 Å². The minimum Gasteiger partial charge on any atom is -0.338 e. The molecule has 0 saturated heterocycles. The fourth-order valence-electron chi connectivity index (χ4n) is 3.59. The third-order valence-corrected chi connectivity index (χ3v) is 5.11. The number of benzene rings is 3. The second-order valence-corrected chi connectivity index (χ2v) is 7.65. The van der Waals surface area contributed by atoms with Crippen LogP contribution < -0.4 is 5.32 Å². The van der Waals surface area contributed by atoms with E-state index in [9.17, 15) is 4.79 Å². The quantitative estimate of drug-likeness (QED) is 0.615. The van der Waals surface area contributed by atoms with Crippen molar-refractivity contribution in [1.29, 1.82) is 0 Å². The van der Waals surface area contributed by atoms with Gasteiger partial charge in [0.25, 0.3) is 0 Å². The molecule has 3 aromatic carbocycles. The van der Waals surface area contributed by atoms with Gasteiger partial charge in [-0.25, -0.2) is 0 Å². The summed E-state index contributed by atoms with van der Waals surface area (Å²) in [5.74, 6) is 0.204. The first-order chi connectivity index (χ1) is 13.6. The molecule has 0 spiro atoms.